The third-order valence-corrected chi connectivity index (χ3v) is 3.93. The molecule has 0 fully saturated rings. The van der Waals surface area contributed by atoms with E-state index in [0.29, 0.717) is 11.3 Å². The second-order valence-electron chi connectivity index (χ2n) is 5.24. The Balaban J connectivity index is 1.80. The minimum absolute atomic E-state index is 0.391. The van der Waals surface area contributed by atoms with Crippen LogP contribution in [-0.2, 0) is 17.7 Å². The minimum atomic E-state index is -0.391. The third-order valence-electron chi connectivity index (χ3n) is 3.68. The van der Waals surface area contributed by atoms with E-state index in [1.807, 2.05) is 35.0 Å². The highest BCUT2D eigenvalue weighted by Gasteiger charge is 2.11. The summed E-state index contributed by atoms with van der Waals surface area (Å²) in [4.78, 5) is 20.4. The molecular formula is C18H16ClN3O2. The average molecular weight is 342 g/mol. The number of imidazole rings is 1. The summed E-state index contributed by atoms with van der Waals surface area (Å²) in [5, 5.41) is 0.728. The highest BCUT2D eigenvalue weighted by Crippen LogP contribution is 2.18. The molecule has 3 aromatic rings. The quantitative estimate of drug-likeness (QED) is 0.665. The van der Waals surface area contributed by atoms with Crippen LogP contribution in [0.5, 0.6) is 0 Å². The number of ether oxygens (including phenoxy) is 1. The summed E-state index contributed by atoms with van der Waals surface area (Å²) < 4.78 is 6.76. The van der Waals surface area contributed by atoms with Crippen molar-refractivity contribution in [3.05, 3.63) is 71.1 Å². The van der Waals surface area contributed by atoms with E-state index in [4.69, 9.17) is 16.3 Å². The largest absolute Gasteiger partial charge is 0.465 e. The van der Waals surface area contributed by atoms with Gasteiger partial charge >= 0.3 is 5.97 Å². The molecule has 24 heavy (non-hydrogen) atoms. The van der Waals surface area contributed by atoms with Gasteiger partial charge in [-0.3, -0.25) is 4.98 Å². The standard InChI is InChI=1S/C18H16ClN3O2/c1-24-18(23)14-6-8-20-16(12-14)17-21-9-11-22(17)10-7-13-2-4-15(19)5-3-13/h2-6,8-9,11-12H,7,10H2,1H3. The van der Waals surface area contributed by atoms with Crippen molar-refractivity contribution in [2.75, 3.05) is 7.11 Å². The Hall–Kier alpha value is -2.66. The number of pyridine rings is 1. The number of nitrogens with zero attached hydrogens (tertiary/aromatic N) is 3. The first kappa shape index (κ1) is 16.2. The minimum Gasteiger partial charge on any atom is -0.465 e. The highest BCUT2D eigenvalue weighted by molar-refractivity contribution is 6.30. The first-order valence-electron chi connectivity index (χ1n) is 7.47. The molecule has 0 aliphatic heterocycles. The maximum atomic E-state index is 11.7. The maximum absolute atomic E-state index is 11.7. The van der Waals surface area contributed by atoms with Gasteiger partial charge < -0.3 is 9.30 Å². The van der Waals surface area contributed by atoms with Crippen molar-refractivity contribution in [2.45, 2.75) is 13.0 Å². The first-order chi connectivity index (χ1) is 11.7. The van der Waals surface area contributed by atoms with E-state index in [2.05, 4.69) is 9.97 Å². The molecule has 2 aromatic heterocycles. The lowest BCUT2D eigenvalue weighted by atomic mass is 10.1. The van der Waals surface area contributed by atoms with Crippen molar-refractivity contribution < 1.29 is 9.53 Å². The molecule has 5 nitrogen and oxygen atoms in total. The molecule has 0 saturated carbocycles. The SMILES string of the molecule is COC(=O)c1ccnc(-c2nccn2CCc2ccc(Cl)cc2)c1. The van der Waals surface area contributed by atoms with E-state index < -0.39 is 5.97 Å². The van der Waals surface area contributed by atoms with Crippen LogP contribution in [0.3, 0.4) is 0 Å². The smallest absolute Gasteiger partial charge is 0.337 e. The van der Waals surface area contributed by atoms with Gasteiger partial charge in [-0.1, -0.05) is 23.7 Å². The summed E-state index contributed by atoms with van der Waals surface area (Å²) >= 11 is 5.91. The predicted molar refractivity (Wildman–Crippen MR) is 92.0 cm³/mol. The number of esters is 1. The zero-order valence-electron chi connectivity index (χ0n) is 13.1. The van der Waals surface area contributed by atoms with E-state index in [-0.39, 0.29) is 0 Å². The van der Waals surface area contributed by atoms with Gasteiger partial charge in [0, 0.05) is 30.2 Å². The fourth-order valence-corrected chi connectivity index (χ4v) is 2.55. The Bertz CT molecular complexity index is 843. The normalized spacial score (nSPS) is 10.6. The van der Waals surface area contributed by atoms with Crippen LogP contribution in [0.2, 0.25) is 5.02 Å². The van der Waals surface area contributed by atoms with Gasteiger partial charge in [0.05, 0.1) is 12.7 Å². The van der Waals surface area contributed by atoms with Crippen LogP contribution in [0.1, 0.15) is 15.9 Å². The van der Waals surface area contributed by atoms with Gasteiger partial charge in [-0.05, 0) is 36.2 Å². The van der Waals surface area contributed by atoms with Crippen LogP contribution in [0.25, 0.3) is 11.5 Å². The van der Waals surface area contributed by atoms with E-state index in [0.717, 1.165) is 23.8 Å². The summed E-state index contributed by atoms with van der Waals surface area (Å²) in [7, 11) is 1.36. The molecule has 3 rings (SSSR count). The van der Waals surface area contributed by atoms with Crippen LogP contribution in [0.4, 0.5) is 0 Å². The average Bonchev–Trinajstić information content (AvgIpc) is 3.09. The number of halogens is 1. The Morgan fingerprint density at radius 3 is 2.71 bits per heavy atom. The molecule has 0 aliphatic carbocycles. The Kier molecular flexibility index (Phi) is 4.91. The van der Waals surface area contributed by atoms with Crippen LogP contribution >= 0.6 is 11.6 Å². The summed E-state index contributed by atoms with van der Waals surface area (Å²) in [6.07, 6.45) is 6.05. The zero-order valence-corrected chi connectivity index (χ0v) is 13.9. The summed E-state index contributed by atoms with van der Waals surface area (Å²) in [5.74, 6) is 0.327. The van der Waals surface area contributed by atoms with E-state index in [9.17, 15) is 4.79 Å². The number of aryl methyl sites for hydroxylation is 2. The molecule has 1 aromatic carbocycles. The summed E-state index contributed by atoms with van der Waals surface area (Å²) in [6, 6.07) is 11.1. The number of rotatable bonds is 5. The van der Waals surface area contributed by atoms with Crippen LogP contribution in [0, 0.1) is 0 Å². The zero-order chi connectivity index (χ0) is 16.9. The van der Waals surface area contributed by atoms with Gasteiger partial charge in [0.1, 0.15) is 5.69 Å². The molecule has 0 bridgehead atoms. The molecule has 6 heteroatoms. The Morgan fingerprint density at radius 2 is 1.96 bits per heavy atom. The van der Waals surface area contributed by atoms with Crippen molar-refractivity contribution in [2.24, 2.45) is 0 Å². The fraction of sp³-hybridized carbons (Fsp3) is 0.167. The summed E-state index contributed by atoms with van der Waals surface area (Å²) in [5.41, 5.74) is 2.28. The van der Waals surface area contributed by atoms with Crippen LogP contribution in [-0.4, -0.2) is 27.6 Å². The molecule has 0 radical (unpaired) electrons. The first-order valence-corrected chi connectivity index (χ1v) is 7.85. The third kappa shape index (κ3) is 3.63. The topological polar surface area (TPSA) is 57.0 Å². The lowest BCUT2D eigenvalue weighted by molar-refractivity contribution is 0.0600. The molecule has 0 unspecified atom stereocenters. The lowest BCUT2D eigenvalue weighted by Crippen LogP contribution is -2.05. The van der Waals surface area contributed by atoms with Gasteiger partial charge in [-0.15, -0.1) is 0 Å². The van der Waals surface area contributed by atoms with Crippen molar-refractivity contribution in [3.63, 3.8) is 0 Å². The monoisotopic (exact) mass is 341 g/mol. The summed E-state index contributed by atoms with van der Waals surface area (Å²) in [6.45, 7) is 0.751. The van der Waals surface area contributed by atoms with Crippen LogP contribution in [0.15, 0.2) is 55.0 Å². The van der Waals surface area contributed by atoms with E-state index in [1.165, 1.54) is 12.7 Å². The number of carbonyl (C=O) groups excluding carboxylic acids is 1. The molecule has 122 valence electrons. The van der Waals surface area contributed by atoms with Crippen molar-refractivity contribution in [3.8, 4) is 11.5 Å². The number of methoxy groups -OCH3 is 1. The van der Waals surface area contributed by atoms with Gasteiger partial charge in [0.2, 0.25) is 0 Å². The van der Waals surface area contributed by atoms with Crippen molar-refractivity contribution >= 4 is 17.6 Å². The second kappa shape index (κ2) is 7.27. The molecule has 0 atom stereocenters. The number of aromatic nitrogens is 3. The molecule has 0 amide bonds. The van der Waals surface area contributed by atoms with Gasteiger partial charge in [-0.2, -0.15) is 0 Å². The predicted octanol–water partition coefficient (Wildman–Crippen LogP) is 3.63. The molecule has 0 N–H and O–H groups in total. The van der Waals surface area contributed by atoms with Crippen molar-refractivity contribution in [1.82, 2.24) is 14.5 Å². The highest BCUT2D eigenvalue weighted by atomic mass is 35.5. The number of carbonyl (C=O) groups is 1. The Labute approximate surface area is 144 Å². The molecule has 0 saturated heterocycles. The van der Waals surface area contributed by atoms with Crippen molar-refractivity contribution in [1.29, 1.82) is 0 Å². The molecule has 2 heterocycles. The van der Waals surface area contributed by atoms with E-state index >= 15 is 0 Å². The van der Waals surface area contributed by atoms with E-state index in [1.54, 1.807) is 24.5 Å². The maximum Gasteiger partial charge on any atom is 0.337 e. The number of hydrogen-bond donors (Lipinski definition) is 0. The van der Waals surface area contributed by atoms with Gasteiger partial charge in [-0.25, -0.2) is 9.78 Å². The number of hydrogen-bond acceptors (Lipinski definition) is 4. The molecule has 0 spiro atoms. The second-order valence-corrected chi connectivity index (χ2v) is 5.68. The van der Waals surface area contributed by atoms with Gasteiger partial charge in [0.15, 0.2) is 5.82 Å². The lowest BCUT2D eigenvalue weighted by Gasteiger charge is -2.08. The molecule has 0 aliphatic rings. The number of benzene rings is 1. The van der Waals surface area contributed by atoms with Gasteiger partial charge in [0.25, 0.3) is 0 Å². The molecular weight excluding hydrogens is 326 g/mol. The fourth-order valence-electron chi connectivity index (χ4n) is 2.42. The Morgan fingerprint density at radius 1 is 1.17 bits per heavy atom. The van der Waals surface area contributed by atoms with Crippen LogP contribution < -0.4 is 0 Å².